The molecule has 0 aromatic carbocycles. The molecule has 1 amide bonds. The maximum atomic E-state index is 11.6. The predicted molar refractivity (Wildman–Crippen MR) is 55.0 cm³/mol. The highest BCUT2D eigenvalue weighted by Crippen LogP contribution is 2.32. The van der Waals surface area contributed by atoms with Gasteiger partial charge in [-0.25, -0.2) is 0 Å². The number of rotatable bonds is 4. The third-order valence-electron chi connectivity index (χ3n) is 2.68. The van der Waals surface area contributed by atoms with E-state index in [2.05, 4.69) is 5.32 Å². The van der Waals surface area contributed by atoms with Crippen molar-refractivity contribution in [3.63, 3.8) is 0 Å². The predicted octanol–water partition coefficient (Wildman–Crippen LogP) is 1.72. The lowest BCUT2D eigenvalue weighted by atomic mass is 10.2. The molecule has 1 aromatic rings. The molecule has 0 radical (unpaired) electrons. The number of amides is 1. The minimum absolute atomic E-state index is 0.0146. The third kappa shape index (κ3) is 2.21. The standard InChI is InChI=1S/C10H12N2O4/c1-6(7-2-3-7)11-10(13)8-4-5-9(16-8)12(14)15/h4-7H,2-3H2,1H3,(H,11,13). The first-order valence-electron chi connectivity index (χ1n) is 5.13. The van der Waals surface area contributed by atoms with Gasteiger partial charge in [0.25, 0.3) is 5.91 Å². The lowest BCUT2D eigenvalue weighted by Crippen LogP contribution is -2.33. The highest BCUT2D eigenvalue weighted by Gasteiger charge is 2.30. The van der Waals surface area contributed by atoms with Gasteiger partial charge in [-0.05, 0) is 31.7 Å². The summed E-state index contributed by atoms with van der Waals surface area (Å²) in [5.74, 6) is -0.287. The van der Waals surface area contributed by atoms with Crippen molar-refractivity contribution in [2.45, 2.75) is 25.8 Å². The highest BCUT2D eigenvalue weighted by atomic mass is 16.6. The van der Waals surface area contributed by atoms with Gasteiger partial charge in [-0.1, -0.05) is 0 Å². The van der Waals surface area contributed by atoms with E-state index >= 15 is 0 Å². The van der Waals surface area contributed by atoms with Gasteiger partial charge in [0.2, 0.25) is 0 Å². The smallest absolute Gasteiger partial charge is 0.395 e. The van der Waals surface area contributed by atoms with Gasteiger partial charge >= 0.3 is 5.88 Å². The lowest BCUT2D eigenvalue weighted by molar-refractivity contribution is -0.402. The summed E-state index contributed by atoms with van der Waals surface area (Å²) in [6.45, 7) is 1.92. The van der Waals surface area contributed by atoms with E-state index in [1.165, 1.54) is 12.1 Å². The van der Waals surface area contributed by atoms with Crippen LogP contribution in [0.25, 0.3) is 0 Å². The lowest BCUT2D eigenvalue weighted by Gasteiger charge is -2.10. The first-order valence-corrected chi connectivity index (χ1v) is 5.13. The Labute approximate surface area is 91.8 Å². The van der Waals surface area contributed by atoms with Crippen molar-refractivity contribution in [2.24, 2.45) is 5.92 Å². The average molecular weight is 224 g/mol. The highest BCUT2D eigenvalue weighted by molar-refractivity contribution is 5.91. The van der Waals surface area contributed by atoms with Crippen LogP contribution in [0.15, 0.2) is 16.5 Å². The number of hydrogen-bond acceptors (Lipinski definition) is 4. The summed E-state index contributed by atoms with van der Waals surface area (Å²) in [6.07, 6.45) is 2.25. The van der Waals surface area contributed by atoms with E-state index in [1.54, 1.807) is 0 Å². The second-order valence-corrected chi connectivity index (χ2v) is 3.99. The maximum Gasteiger partial charge on any atom is 0.433 e. The molecule has 1 heterocycles. The molecule has 0 bridgehead atoms. The van der Waals surface area contributed by atoms with E-state index in [1.807, 2.05) is 6.92 Å². The van der Waals surface area contributed by atoms with Crippen LogP contribution in [-0.4, -0.2) is 16.9 Å². The van der Waals surface area contributed by atoms with Crippen LogP contribution in [0.2, 0.25) is 0 Å². The average Bonchev–Trinajstić information content (AvgIpc) is 2.95. The molecule has 1 unspecified atom stereocenters. The molecule has 16 heavy (non-hydrogen) atoms. The summed E-state index contributed by atoms with van der Waals surface area (Å²) in [6, 6.07) is 2.58. The number of hydrogen-bond donors (Lipinski definition) is 1. The molecule has 0 aliphatic heterocycles. The summed E-state index contributed by atoms with van der Waals surface area (Å²) < 4.78 is 4.80. The number of furan rings is 1. The summed E-state index contributed by atoms with van der Waals surface area (Å²) in [5.41, 5.74) is 0. The van der Waals surface area contributed by atoms with Crippen molar-refractivity contribution >= 4 is 11.8 Å². The second kappa shape index (κ2) is 3.96. The SMILES string of the molecule is CC(NC(=O)c1ccc([N+](=O)[O-])o1)C1CC1. The molecule has 1 fully saturated rings. The van der Waals surface area contributed by atoms with Gasteiger partial charge in [0.05, 0.1) is 6.07 Å². The number of carbonyl (C=O) groups excluding carboxylic acids is 1. The monoisotopic (exact) mass is 224 g/mol. The van der Waals surface area contributed by atoms with Crippen LogP contribution in [0.1, 0.15) is 30.3 Å². The third-order valence-corrected chi connectivity index (χ3v) is 2.68. The molecule has 86 valence electrons. The molecular formula is C10H12N2O4. The zero-order valence-electron chi connectivity index (χ0n) is 8.80. The first-order chi connectivity index (χ1) is 7.58. The van der Waals surface area contributed by atoms with E-state index in [0.717, 1.165) is 12.8 Å². The number of nitrogens with zero attached hydrogens (tertiary/aromatic N) is 1. The molecule has 1 saturated carbocycles. The van der Waals surface area contributed by atoms with Crippen molar-refractivity contribution in [3.05, 3.63) is 28.0 Å². The Morgan fingerprint density at radius 1 is 1.62 bits per heavy atom. The van der Waals surface area contributed by atoms with Crippen LogP contribution >= 0.6 is 0 Å². The molecular weight excluding hydrogens is 212 g/mol. The Bertz CT molecular complexity index is 422. The van der Waals surface area contributed by atoms with Crippen LogP contribution in [-0.2, 0) is 0 Å². The Morgan fingerprint density at radius 2 is 2.31 bits per heavy atom. The molecule has 1 aliphatic rings. The summed E-state index contributed by atoms with van der Waals surface area (Å²) >= 11 is 0. The van der Waals surface area contributed by atoms with E-state index in [9.17, 15) is 14.9 Å². The van der Waals surface area contributed by atoms with Crippen molar-refractivity contribution in [2.75, 3.05) is 0 Å². The van der Waals surface area contributed by atoms with E-state index in [-0.39, 0.29) is 11.8 Å². The molecule has 1 aromatic heterocycles. The van der Waals surface area contributed by atoms with Crippen molar-refractivity contribution in [3.8, 4) is 0 Å². The van der Waals surface area contributed by atoms with Gasteiger partial charge in [0.1, 0.15) is 4.92 Å². The molecule has 0 spiro atoms. The Morgan fingerprint density at radius 3 is 2.81 bits per heavy atom. The van der Waals surface area contributed by atoms with Crippen molar-refractivity contribution in [1.82, 2.24) is 5.32 Å². The topological polar surface area (TPSA) is 85.4 Å². The van der Waals surface area contributed by atoms with Gasteiger partial charge in [-0.2, -0.15) is 0 Å². The Balaban J connectivity index is 1.99. The second-order valence-electron chi connectivity index (χ2n) is 3.99. The number of carbonyl (C=O) groups is 1. The van der Waals surface area contributed by atoms with Crippen LogP contribution in [0.4, 0.5) is 5.88 Å². The number of nitrogens with one attached hydrogen (secondary N) is 1. The fourth-order valence-corrected chi connectivity index (χ4v) is 1.54. The van der Waals surface area contributed by atoms with Gasteiger partial charge in [-0.3, -0.25) is 14.9 Å². The zero-order valence-corrected chi connectivity index (χ0v) is 8.80. The van der Waals surface area contributed by atoms with Gasteiger partial charge < -0.3 is 9.73 Å². The van der Waals surface area contributed by atoms with Crippen LogP contribution < -0.4 is 5.32 Å². The van der Waals surface area contributed by atoms with E-state index in [0.29, 0.717) is 5.92 Å². The Hall–Kier alpha value is -1.85. The molecule has 1 N–H and O–H groups in total. The summed E-state index contributed by atoms with van der Waals surface area (Å²) in [7, 11) is 0. The van der Waals surface area contributed by atoms with Gasteiger partial charge in [-0.15, -0.1) is 0 Å². The Kier molecular flexibility index (Phi) is 2.64. The maximum absolute atomic E-state index is 11.6. The first kappa shape index (κ1) is 10.7. The molecule has 0 saturated heterocycles. The van der Waals surface area contributed by atoms with E-state index in [4.69, 9.17) is 4.42 Å². The van der Waals surface area contributed by atoms with Crippen LogP contribution in [0, 0.1) is 16.0 Å². The molecule has 1 aliphatic carbocycles. The largest absolute Gasteiger partial charge is 0.433 e. The fraction of sp³-hybridized carbons (Fsp3) is 0.500. The normalized spacial score (nSPS) is 16.8. The molecule has 6 heteroatoms. The van der Waals surface area contributed by atoms with Crippen LogP contribution in [0.5, 0.6) is 0 Å². The minimum atomic E-state index is -0.666. The molecule has 2 rings (SSSR count). The minimum Gasteiger partial charge on any atom is -0.395 e. The van der Waals surface area contributed by atoms with E-state index < -0.39 is 16.7 Å². The number of nitro groups is 1. The van der Waals surface area contributed by atoms with Gasteiger partial charge in [0, 0.05) is 6.04 Å². The van der Waals surface area contributed by atoms with Crippen LogP contribution in [0.3, 0.4) is 0 Å². The van der Waals surface area contributed by atoms with Crippen molar-refractivity contribution < 1.29 is 14.1 Å². The van der Waals surface area contributed by atoms with Gasteiger partial charge in [0.15, 0.2) is 5.76 Å². The quantitative estimate of drug-likeness (QED) is 0.623. The van der Waals surface area contributed by atoms with Crippen molar-refractivity contribution in [1.29, 1.82) is 0 Å². The molecule has 6 nitrogen and oxygen atoms in total. The summed E-state index contributed by atoms with van der Waals surface area (Å²) in [4.78, 5) is 21.3. The molecule has 1 atom stereocenters. The zero-order chi connectivity index (χ0) is 11.7. The summed E-state index contributed by atoms with van der Waals surface area (Å²) in [5, 5.41) is 13.1. The fourth-order valence-electron chi connectivity index (χ4n) is 1.54.